The minimum Gasteiger partial charge on any atom is -0.381 e. The molecule has 2 nitrogen and oxygen atoms in total. The second-order valence-corrected chi connectivity index (χ2v) is 3.19. The van der Waals surface area contributed by atoms with Gasteiger partial charge in [-0.1, -0.05) is 19.8 Å². The van der Waals surface area contributed by atoms with Crippen LogP contribution in [0.15, 0.2) is 0 Å². The molecule has 0 unspecified atom stereocenters. The first-order valence-corrected chi connectivity index (χ1v) is 4.59. The molecule has 1 fully saturated rings. The highest BCUT2D eigenvalue weighted by Crippen LogP contribution is 2.09. The summed E-state index contributed by atoms with van der Waals surface area (Å²) in [5, 5.41) is 0. The average molecular weight is 158 g/mol. The molecule has 0 amide bonds. The fourth-order valence-corrected chi connectivity index (χ4v) is 1.08. The van der Waals surface area contributed by atoms with Crippen molar-refractivity contribution in [3.63, 3.8) is 0 Å². The van der Waals surface area contributed by atoms with Gasteiger partial charge in [0.15, 0.2) is 0 Å². The Kier molecular flexibility index (Phi) is 4.55. The van der Waals surface area contributed by atoms with Crippen LogP contribution in [0.2, 0.25) is 0 Å². The van der Waals surface area contributed by atoms with Crippen molar-refractivity contribution in [2.45, 2.75) is 26.2 Å². The first-order chi connectivity index (χ1) is 5.43. The SMILES string of the molecule is CCCCCOCC1COC1. The van der Waals surface area contributed by atoms with Gasteiger partial charge < -0.3 is 9.47 Å². The standard InChI is InChI=1S/C9H18O2/c1-2-3-4-5-10-6-9-7-11-8-9/h9H,2-8H2,1H3. The van der Waals surface area contributed by atoms with Gasteiger partial charge in [0.1, 0.15) is 0 Å². The van der Waals surface area contributed by atoms with Crippen LogP contribution in [-0.2, 0) is 9.47 Å². The van der Waals surface area contributed by atoms with E-state index < -0.39 is 0 Å². The summed E-state index contributed by atoms with van der Waals surface area (Å²) in [7, 11) is 0. The van der Waals surface area contributed by atoms with E-state index in [9.17, 15) is 0 Å². The first kappa shape index (κ1) is 9.01. The van der Waals surface area contributed by atoms with E-state index in [0.717, 1.165) is 26.4 Å². The average Bonchev–Trinajstić information content (AvgIpc) is 1.93. The van der Waals surface area contributed by atoms with Crippen molar-refractivity contribution in [2.75, 3.05) is 26.4 Å². The number of ether oxygens (including phenoxy) is 2. The lowest BCUT2D eigenvalue weighted by Crippen LogP contribution is -2.31. The predicted molar refractivity (Wildman–Crippen MR) is 44.7 cm³/mol. The molecule has 1 aliphatic rings. The summed E-state index contributed by atoms with van der Waals surface area (Å²) >= 11 is 0. The topological polar surface area (TPSA) is 18.5 Å². The zero-order valence-electron chi connectivity index (χ0n) is 7.34. The summed E-state index contributed by atoms with van der Waals surface area (Å²) in [4.78, 5) is 0. The fraction of sp³-hybridized carbons (Fsp3) is 1.00. The van der Waals surface area contributed by atoms with Gasteiger partial charge in [-0.15, -0.1) is 0 Å². The van der Waals surface area contributed by atoms with Gasteiger partial charge in [-0.05, 0) is 6.42 Å². The summed E-state index contributed by atoms with van der Waals surface area (Å²) in [6.07, 6.45) is 3.78. The molecule has 11 heavy (non-hydrogen) atoms. The molecule has 1 aliphatic heterocycles. The van der Waals surface area contributed by atoms with E-state index in [0.29, 0.717) is 5.92 Å². The van der Waals surface area contributed by atoms with E-state index in [2.05, 4.69) is 6.92 Å². The monoisotopic (exact) mass is 158 g/mol. The van der Waals surface area contributed by atoms with Gasteiger partial charge in [-0.2, -0.15) is 0 Å². The summed E-state index contributed by atoms with van der Waals surface area (Å²) in [5.41, 5.74) is 0. The molecule has 0 aromatic heterocycles. The van der Waals surface area contributed by atoms with Crippen LogP contribution in [0.3, 0.4) is 0 Å². The zero-order chi connectivity index (χ0) is 7.94. The van der Waals surface area contributed by atoms with Crippen molar-refractivity contribution in [3.8, 4) is 0 Å². The minimum atomic E-state index is 0.691. The number of unbranched alkanes of at least 4 members (excludes halogenated alkanes) is 2. The highest BCUT2D eigenvalue weighted by atomic mass is 16.5. The van der Waals surface area contributed by atoms with E-state index >= 15 is 0 Å². The van der Waals surface area contributed by atoms with Crippen molar-refractivity contribution in [1.29, 1.82) is 0 Å². The van der Waals surface area contributed by atoms with Crippen LogP contribution in [0.4, 0.5) is 0 Å². The van der Waals surface area contributed by atoms with E-state index in [1.165, 1.54) is 19.3 Å². The molecule has 2 heteroatoms. The van der Waals surface area contributed by atoms with Gasteiger partial charge in [-0.3, -0.25) is 0 Å². The Morgan fingerprint density at radius 2 is 2.18 bits per heavy atom. The molecule has 0 bridgehead atoms. The molecule has 0 spiro atoms. The van der Waals surface area contributed by atoms with E-state index in [1.54, 1.807) is 0 Å². The maximum Gasteiger partial charge on any atom is 0.0538 e. The van der Waals surface area contributed by atoms with Crippen LogP contribution in [0.25, 0.3) is 0 Å². The highest BCUT2D eigenvalue weighted by molar-refractivity contribution is 4.63. The molecule has 66 valence electrons. The van der Waals surface area contributed by atoms with Gasteiger partial charge in [0, 0.05) is 12.5 Å². The van der Waals surface area contributed by atoms with Gasteiger partial charge in [-0.25, -0.2) is 0 Å². The van der Waals surface area contributed by atoms with Gasteiger partial charge in [0.2, 0.25) is 0 Å². The quantitative estimate of drug-likeness (QED) is 0.549. The van der Waals surface area contributed by atoms with Crippen molar-refractivity contribution in [1.82, 2.24) is 0 Å². The fourth-order valence-electron chi connectivity index (χ4n) is 1.08. The van der Waals surface area contributed by atoms with Crippen molar-refractivity contribution in [2.24, 2.45) is 5.92 Å². The van der Waals surface area contributed by atoms with Gasteiger partial charge in [0.05, 0.1) is 19.8 Å². The second kappa shape index (κ2) is 5.56. The zero-order valence-corrected chi connectivity index (χ0v) is 7.34. The Morgan fingerprint density at radius 1 is 1.36 bits per heavy atom. The minimum absolute atomic E-state index is 0.691. The van der Waals surface area contributed by atoms with Crippen molar-refractivity contribution in [3.05, 3.63) is 0 Å². The molecule has 0 atom stereocenters. The molecule has 0 N–H and O–H groups in total. The summed E-state index contributed by atoms with van der Waals surface area (Å²) < 4.78 is 10.5. The first-order valence-electron chi connectivity index (χ1n) is 4.59. The highest BCUT2D eigenvalue weighted by Gasteiger charge is 2.17. The molecule has 1 rings (SSSR count). The van der Waals surface area contributed by atoms with E-state index in [1.807, 2.05) is 0 Å². The predicted octanol–water partition coefficient (Wildman–Crippen LogP) is 1.84. The van der Waals surface area contributed by atoms with Crippen LogP contribution >= 0.6 is 0 Å². The third-order valence-electron chi connectivity index (χ3n) is 1.95. The lowest BCUT2D eigenvalue weighted by molar-refractivity contribution is -0.0718. The Labute approximate surface area is 68.9 Å². The molecular weight excluding hydrogens is 140 g/mol. The second-order valence-electron chi connectivity index (χ2n) is 3.19. The summed E-state index contributed by atoms with van der Waals surface area (Å²) in [5.74, 6) is 0.691. The van der Waals surface area contributed by atoms with Crippen LogP contribution in [0, 0.1) is 5.92 Å². The Balaban J connectivity index is 1.73. The molecular formula is C9H18O2. The molecule has 0 aromatic carbocycles. The van der Waals surface area contributed by atoms with Crippen LogP contribution in [0.1, 0.15) is 26.2 Å². The number of rotatable bonds is 6. The van der Waals surface area contributed by atoms with E-state index in [-0.39, 0.29) is 0 Å². The van der Waals surface area contributed by atoms with E-state index in [4.69, 9.17) is 9.47 Å². The summed E-state index contributed by atoms with van der Waals surface area (Å²) in [6.45, 7) is 5.87. The molecule has 0 aliphatic carbocycles. The Morgan fingerprint density at radius 3 is 2.73 bits per heavy atom. The van der Waals surface area contributed by atoms with Gasteiger partial charge >= 0.3 is 0 Å². The normalized spacial score (nSPS) is 18.3. The third-order valence-corrected chi connectivity index (χ3v) is 1.95. The molecule has 1 heterocycles. The largest absolute Gasteiger partial charge is 0.381 e. The maximum atomic E-state index is 5.46. The Bertz CT molecular complexity index is 89.6. The molecule has 0 aromatic rings. The molecule has 0 saturated carbocycles. The molecule has 0 radical (unpaired) electrons. The molecule has 1 saturated heterocycles. The lowest BCUT2D eigenvalue weighted by Gasteiger charge is -2.25. The van der Waals surface area contributed by atoms with Crippen LogP contribution in [-0.4, -0.2) is 26.4 Å². The third kappa shape index (κ3) is 3.73. The smallest absolute Gasteiger partial charge is 0.0538 e. The summed E-state index contributed by atoms with van der Waals surface area (Å²) in [6, 6.07) is 0. The van der Waals surface area contributed by atoms with Crippen molar-refractivity contribution < 1.29 is 9.47 Å². The number of hydrogen-bond donors (Lipinski definition) is 0. The van der Waals surface area contributed by atoms with Crippen molar-refractivity contribution >= 4 is 0 Å². The number of hydrogen-bond acceptors (Lipinski definition) is 2. The van der Waals surface area contributed by atoms with Crippen LogP contribution < -0.4 is 0 Å². The van der Waals surface area contributed by atoms with Gasteiger partial charge in [0.25, 0.3) is 0 Å². The lowest BCUT2D eigenvalue weighted by atomic mass is 10.1. The maximum absolute atomic E-state index is 5.46. The Hall–Kier alpha value is -0.0800. The van der Waals surface area contributed by atoms with Crippen LogP contribution in [0.5, 0.6) is 0 Å².